The zero-order chi connectivity index (χ0) is 14.5. The lowest BCUT2D eigenvalue weighted by Gasteiger charge is -2.10. The summed E-state index contributed by atoms with van der Waals surface area (Å²) in [5, 5.41) is 5.47. The van der Waals surface area contributed by atoms with Crippen molar-refractivity contribution in [2.45, 2.75) is 19.4 Å². The number of nitrogens with one attached hydrogen (secondary N) is 2. The third kappa shape index (κ3) is 4.16. The first-order valence-electron chi connectivity index (χ1n) is 6.62. The number of halogens is 2. The molecule has 0 aromatic heterocycles. The summed E-state index contributed by atoms with van der Waals surface area (Å²) in [5.41, 5.74) is 0.480. The van der Waals surface area contributed by atoms with Gasteiger partial charge in [0, 0.05) is 13.1 Å². The van der Waals surface area contributed by atoms with E-state index in [0.29, 0.717) is 24.6 Å². The molecule has 1 aliphatic rings. The second-order valence-corrected chi connectivity index (χ2v) is 4.96. The van der Waals surface area contributed by atoms with Gasteiger partial charge in [-0.05, 0) is 43.5 Å². The van der Waals surface area contributed by atoms with Crippen molar-refractivity contribution in [2.75, 3.05) is 20.2 Å². The average molecular weight is 284 g/mol. The number of hydrogen-bond acceptors (Lipinski definition) is 3. The Balaban J connectivity index is 1.89. The van der Waals surface area contributed by atoms with E-state index in [0.717, 1.165) is 12.8 Å². The van der Waals surface area contributed by atoms with E-state index in [9.17, 15) is 13.6 Å². The van der Waals surface area contributed by atoms with Gasteiger partial charge >= 0.3 is 0 Å². The molecule has 0 heterocycles. The number of ether oxygens (including phenoxy) is 1. The molecule has 110 valence electrons. The van der Waals surface area contributed by atoms with Gasteiger partial charge in [0.05, 0.1) is 0 Å². The van der Waals surface area contributed by atoms with Crippen LogP contribution in [0, 0.1) is 17.6 Å². The van der Waals surface area contributed by atoms with Crippen LogP contribution in [0.3, 0.4) is 0 Å². The minimum Gasteiger partial charge on any atom is -0.478 e. The van der Waals surface area contributed by atoms with Gasteiger partial charge in [0.1, 0.15) is 0 Å². The molecule has 2 N–H and O–H groups in total. The molecule has 0 spiro atoms. The predicted molar refractivity (Wildman–Crippen MR) is 70.4 cm³/mol. The number of hydrogen-bond donors (Lipinski definition) is 2. The fraction of sp³-hybridized carbons (Fsp3) is 0.500. The largest absolute Gasteiger partial charge is 0.478 e. The Morgan fingerprint density at radius 2 is 2.00 bits per heavy atom. The quantitative estimate of drug-likeness (QED) is 0.799. The van der Waals surface area contributed by atoms with E-state index in [4.69, 9.17) is 4.74 Å². The van der Waals surface area contributed by atoms with Gasteiger partial charge in [-0.25, -0.2) is 8.78 Å². The summed E-state index contributed by atoms with van der Waals surface area (Å²) in [5.74, 6) is -1.93. The summed E-state index contributed by atoms with van der Waals surface area (Å²) in [6, 6.07) is 2.38. The van der Waals surface area contributed by atoms with E-state index in [1.54, 1.807) is 7.05 Å². The van der Waals surface area contributed by atoms with Crippen LogP contribution in [-0.2, 0) is 11.3 Å². The Bertz CT molecular complexity index is 467. The molecule has 6 heteroatoms. The third-order valence-electron chi connectivity index (χ3n) is 3.07. The van der Waals surface area contributed by atoms with Crippen LogP contribution in [-0.4, -0.2) is 26.1 Å². The van der Waals surface area contributed by atoms with Gasteiger partial charge in [0.25, 0.3) is 5.91 Å². The van der Waals surface area contributed by atoms with Gasteiger partial charge < -0.3 is 15.4 Å². The molecule has 0 aliphatic heterocycles. The van der Waals surface area contributed by atoms with Crippen LogP contribution in [0.2, 0.25) is 0 Å². The summed E-state index contributed by atoms with van der Waals surface area (Å²) < 4.78 is 32.3. The lowest BCUT2D eigenvalue weighted by molar-refractivity contribution is -0.123. The first kappa shape index (κ1) is 14.7. The molecule has 4 nitrogen and oxygen atoms in total. The summed E-state index contributed by atoms with van der Waals surface area (Å²) >= 11 is 0. The number of rotatable bonds is 7. The van der Waals surface area contributed by atoms with Crippen LogP contribution < -0.4 is 15.4 Å². The summed E-state index contributed by atoms with van der Waals surface area (Å²) in [6.45, 7) is 0.580. The van der Waals surface area contributed by atoms with E-state index in [1.807, 2.05) is 0 Å². The highest BCUT2D eigenvalue weighted by Gasteiger charge is 2.22. The summed E-state index contributed by atoms with van der Waals surface area (Å²) in [7, 11) is 1.68. The van der Waals surface area contributed by atoms with Crippen LogP contribution in [0.15, 0.2) is 12.1 Å². The highest BCUT2D eigenvalue weighted by Crippen LogP contribution is 2.27. The second-order valence-electron chi connectivity index (χ2n) is 4.96. The lowest BCUT2D eigenvalue weighted by Crippen LogP contribution is -2.30. The van der Waals surface area contributed by atoms with E-state index in [2.05, 4.69) is 10.6 Å². The lowest BCUT2D eigenvalue weighted by atomic mass is 10.2. The monoisotopic (exact) mass is 284 g/mol. The average Bonchev–Trinajstić information content (AvgIpc) is 3.19. The zero-order valence-corrected chi connectivity index (χ0v) is 11.3. The molecule has 0 atom stereocenters. The number of carbonyl (C=O) groups excluding carboxylic acids is 1. The number of benzene rings is 1. The topological polar surface area (TPSA) is 50.4 Å². The van der Waals surface area contributed by atoms with Gasteiger partial charge in [-0.2, -0.15) is 0 Å². The Hall–Kier alpha value is -1.69. The minimum absolute atomic E-state index is 0.357. The third-order valence-corrected chi connectivity index (χ3v) is 3.07. The maximum atomic E-state index is 13.7. The van der Waals surface area contributed by atoms with E-state index < -0.39 is 17.4 Å². The van der Waals surface area contributed by atoms with Crippen molar-refractivity contribution in [2.24, 2.45) is 5.92 Å². The molecule has 0 bridgehead atoms. The molecule has 1 amide bonds. The Kier molecular flexibility index (Phi) is 4.89. The van der Waals surface area contributed by atoms with Gasteiger partial charge in [-0.1, -0.05) is 0 Å². The van der Waals surface area contributed by atoms with Crippen molar-refractivity contribution < 1.29 is 18.3 Å². The second kappa shape index (κ2) is 6.65. The molecule has 1 fully saturated rings. The number of amides is 1. The first-order chi connectivity index (χ1) is 9.60. The highest BCUT2D eigenvalue weighted by atomic mass is 19.1. The fourth-order valence-corrected chi connectivity index (χ4v) is 1.83. The zero-order valence-electron chi connectivity index (χ0n) is 11.3. The fourth-order valence-electron chi connectivity index (χ4n) is 1.83. The highest BCUT2D eigenvalue weighted by molar-refractivity contribution is 5.77. The van der Waals surface area contributed by atoms with Crippen LogP contribution >= 0.6 is 0 Å². The van der Waals surface area contributed by atoms with Gasteiger partial charge in [0.2, 0.25) is 0 Å². The molecule has 1 aromatic rings. The van der Waals surface area contributed by atoms with Crippen LogP contribution in [0.5, 0.6) is 5.75 Å². The molecule has 1 aromatic carbocycles. The van der Waals surface area contributed by atoms with Crippen molar-refractivity contribution in [1.82, 2.24) is 10.6 Å². The Labute approximate surface area is 116 Å². The molecule has 20 heavy (non-hydrogen) atoms. The van der Waals surface area contributed by atoms with Crippen LogP contribution in [0.25, 0.3) is 0 Å². The van der Waals surface area contributed by atoms with Crippen LogP contribution in [0.4, 0.5) is 8.78 Å². The normalized spacial score (nSPS) is 14.2. The van der Waals surface area contributed by atoms with Gasteiger partial charge in [0.15, 0.2) is 24.0 Å². The Morgan fingerprint density at radius 3 is 2.55 bits per heavy atom. The van der Waals surface area contributed by atoms with E-state index in [-0.39, 0.29) is 12.5 Å². The Morgan fingerprint density at radius 1 is 1.35 bits per heavy atom. The van der Waals surface area contributed by atoms with Crippen molar-refractivity contribution >= 4 is 5.91 Å². The SMILES string of the molecule is CNCc1cc(F)c(OCC(=O)NCC2CC2)c(F)c1. The maximum absolute atomic E-state index is 13.7. The molecule has 0 radical (unpaired) electrons. The number of carbonyl (C=O) groups is 1. The van der Waals surface area contributed by atoms with Crippen molar-refractivity contribution in [3.63, 3.8) is 0 Å². The van der Waals surface area contributed by atoms with Gasteiger partial charge in [-0.15, -0.1) is 0 Å². The standard InChI is InChI=1S/C14H18F2N2O2/c1-17-6-10-4-11(15)14(12(16)5-10)20-8-13(19)18-7-9-2-3-9/h4-5,9,17H,2-3,6-8H2,1H3,(H,18,19). The molecule has 0 unspecified atom stereocenters. The molecule has 2 rings (SSSR count). The molecular formula is C14H18F2N2O2. The predicted octanol–water partition coefficient (Wildman–Crippen LogP) is 1.59. The maximum Gasteiger partial charge on any atom is 0.257 e. The van der Waals surface area contributed by atoms with Gasteiger partial charge in [-0.3, -0.25) is 4.79 Å². The molecular weight excluding hydrogens is 266 g/mol. The smallest absolute Gasteiger partial charge is 0.257 e. The first-order valence-corrected chi connectivity index (χ1v) is 6.62. The van der Waals surface area contributed by atoms with Crippen molar-refractivity contribution in [1.29, 1.82) is 0 Å². The van der Waals surface area contributed by atoms with Crippen molar-refractivity contribution in [3.05, 3.63) is 29.3 Å². The molecule has 1 saturated carbocycles. The molecule has 0 saturated heterocycles. The minimum atomic E-state index is -0.801. The summed E-state index contributed by atoms with van der Waals surface area (Å²) in [4.78, 5) is 11.4. The van der Waals surface area contributed by atoms with Crippen LogP contribution in [0.1, 0.15) is 18.4 Å². The summed E-state index contributed by atoms with van der Waals surface area (Å²) in [6.07, 6.45) is 2.24. The van der Waals surface area contributed by atoms with Crippen molar-refractivity contribution in [3.8, 4) is 5.75 Å². The molecule has 1 aliphatic carbocycles. The van der Waals surface area contributed by atoms with E-state index >= 15 is 0 Å². The van der Waals surface area contributed by atoms with E-state index in [1.165, 1.54) is 12.1 Å².